The van der Waals surface area contributed by atoms with Gasteiger partial charge in [0.1, 0.15) is 6.17 Å². The summed E-state index contributed by atoms with van der Waals surface area (Å²) in [5.74, 6) is 0. The van der Waals surface area contributed by atoms with Crippen molar-refractivity contribution in [3.63, 3.8) is 0 Å². The number of likely N-dealkylation sites (tertiary alicyclic amines) is 1. The van der Waals surface area contributed by atoms with Gasteiger partial charge in [0.25, 0.3) is 0 Å². The first kappa shape index (κ1) is 5.60. The molecule has 1 heterocycles. The van der Waals surface area contributed by atoms with E-state index in [1.807, 2.05) is 4.90 Å². The van der Waals surface area contributed by atoms with Gasteiger partial charge in [0, 0.05) is 13.1 Å². The Hall–Kier alpha value is -0.530. The summed E-state index contributed by atoms with van der Waals surface area (Å²) >= 11 is 0. The van der Waals surface area contributed by atoms with Gasteiger partial charge in [0.15, 0.2) is 0 Å². The van der Waals surface area contributed by atoms with Gasteiger partial charge < -0.3 is 4.90 Å². The summed E-state index contributed by atoms with van der Waals surface area (Å²) in [5, 5.41) is 0. The van der Waals surface area contributed by atoms with Gasteiger partial charge in [0.05, 0.1) is 0 Å². The number of hydrogen-bond donors (Lipinski definition) is 0. The minimum atomic E-state index is -0.618. The summed E-state index contributed by atoms with van der Waals surface area (Å²) in [6.45, 7) is 4.92. The maximum Gasteiger partial charge on any atom is 0.119 e. The molecule has 1 unspecified atom stereocenters. The molecule has 1 aliphatic heterocycles. The molecular formula is C6H10FN. The molecule has 0 aromatic rings. The van der Waals surface area contributed by atoms with Crippen LogP contribution in [0.3, 0.4) is 0 Å². The van der Waals surface area contributed by atoms with Crippen LogP contribution in [0.15, 0.2) is 12.8 Å². The summed E-state index contributed by atoms with van der Waals surface area (Å²) in [7, 11) is 0. The SMILES string of the molecule is C=CN1CCC(F)C1. The molecular weight excluding hydrogens is 105 g/mol. The minimum absolute atomic E-state index is 0.545. The topological polar surface area (TPSA) is 3.24 Å². The molecule has 0 aromatic carbocycles. The fourth-order valence-corrected chi connectivity index (χ4v) is 0.909. The van der Waals surface area contributed by atoms with E-state index in [0.717, 1.165) is 6.54 Å². The van der Waals surface area contributed by atoms with E-state index in [9.17, 15) is 4.39 Å². The molecule has 46 valence electrons. The van der Waals surface area contributed by atoms with Crippen molar-refractivity contribution in [2.24, 2.45) is 0 Å². The van der Waals surface area contributed by atoms with Gasteiger partial charge >= 0.3 is 0 Å². The Morgan fingerprint density at radius 1 is 1.75 bits per heavy atom. The molecule has 0 aromatic heterocycles. The quantitative estimate of drug-likeness (QED) is 0.496. The third-order valence-corrected chi connectivity index (χ3v) is 1.42. The zero-order valence-corrected chi connectivity index (χ0v) is 4.81. The number of halogens is 1. The van der Waals surface area contributed by atoms with Crippen molar-refractivity contribution >= 4 is 0 Å². The number of rotatable bonds is 1. The van der Waals surface area contributed by atoms with Gasteiger partial charge in [-0.1, -0.05) is 6.58 Å². The van der Waals surface area contributed by atoms with Crippen LogP contribution in [0.4, 0.5) is 4.39 Å². The molecule has 0 aliphatic carbocycles. The van der Waals surface area contributed by atoms with Crippen LogP contribution in [0, 0.1) is 0 Å². The van der Waals surface area contributed by atoms with Crippen molar-refractivity contribution in [2.45, 2.75) is 12.6 Å². The lowest BCUT2D eigenvalue weighted by molar-refractivity contribution is 0.334. The number of hydrogen-bond acceptors (Lipinski definition) is 1. The maximum absolute atomic E-state index is 12.3. The molecule has 1 saturated heterocycles. The van der Waals surface area contributed by atoms with Crippen LogP contribution in [0.2, 0.25) is 0 Å². The van der Waals surface area contributed by atoms with Crippen LogP contribution in [0.25, 0.3) is 0 Å². The Labute approximate surface area is 48.8 Å². The average Bonchev–Trinajstić information content (AvgIpc) is 2.14. The summed E-state index contributed by atoms with van der Waals surface area (Å²) in [5.41, 5.74) is 0. The molecule has 0 radical (unpaired) electrons. The third-order valence-electron chi connectivity index (χ3n) is 1.42. The van der Waals surface area contributed by atoms with Gasteiger partial charge in [-0.3, -0.25) is 0 Å². The van der Waals surface area contributed by atoms with Gasteiger partial charge in [-0.25, -0.2) is 4.39 Å². The van der Waals surface area contributed by atoms with Crippen molar-refractivity contribution < 1.29 is 4.39 Å². The van der Waals surface area contributed by atoms with E-state index in [4.69, 9.17) is 0 Å². The second-order valence-corrected chi connectivity index (χ2v) is 2.06. The maximum atomic E-state index is 12.3. The highest BCUT2D eigenvalue weighted by molar-refractivity contribution is 4.81. The Morgan fingerprint density at radius 2 is 2.50 bits per heavy atom. The molecule has 8 heavy (non-hydrogen) atoms. The first-order chi connectivity index (χ1) is 3.83. The standard InChI is InChI=1S/C6H10FN/c1-2-8-4-3-6(7)5-8/h2,6H,1,3-5H2. The first-order valence-corrected chi connectivity index (χ1v) is 2.83. The van der Waals surface area contributed by atoms with Gasteiger partial charge in [-0.05, 0) is 12.6 Å². The summed E-state index contributed by atoms with van der Waals surface area (Å²) in [6, 6.07) is 0. The highest BCUT2D eigenvalue weighted by Gasteiger charge is 2.17. The largest absolute Gasteiger partial charge is 0.375 e. The molecule has 1 fully saturated rings. The monoisotopic (exact) mass is 115 g/mol. The van der Waals surface area contributed by atoms with E-state index in [-0.39, 0.29) is 0 Å². The highest BCUT2D eigenvalue weighted by Crippen LogP contribution is 2.10. The lowest BCUT2D eigenvalue weighted by Gasteiger charge is -2.07. The van der Waals surface area contributed by atoms with E-state index >= 15 is 0 Å². The summed E-state index contributed by atoms with van der Waals surface area (Å²) in [6.07, 6.45) is 1.75. The van der Waals surface area contributed by atoms with Crippen LogP contribution in [-0.4, -0.2) is 24.2 Å². The molecule has 1 atom stereocenters. The second kappa shape index (κ2) is 2.16. The first-order valence-electron chi connectivity index (χ1n) is 2.83. The number of alkyl halides is 1. The molecule has 1 rings (SSSR count). The highest BCUT2D eigenvalue weighted by atomic mass is 19.1. The molecule has 2 heteroatoms. The lowest BCUT2D eigenvalue weighted by Crippen LogP contribution is -2.12. The predicted octanol–water partition coefficient (Wildman–Crippen LogP) is 1.17. The Balaban J connectivity index is 2.32. The van der Waals surface area contributed by atoms with Crippen LogP contribution in [0.1, 0.15) is 6.42 Å². The van der Waals surface area contributed by atoms with E-state index in [1.54, 1.807) is 6.20 Å². The Morgan fingerprint density at radius 3 is 2.75 bits per heavy atom. The Bertz CT molecular complexity index is 92.5. The molecule has 0 saturated carbocycles. The smallest absolute Gasteiger partial charge is 0.119 e. The normalized spacial score (nSPS) is 28.6. The molecule has 1 nitrogen and oxygen atoms in total. The molecule has 0 bridgehead atoms. The van der Waals surface area contributed by atoms with E-state index in [1.165, 1.54) is 0 Å². The van der Waals surface area contributed by atoms with Crippen molar-refractivity contribution in [3.05, 3.63) is 12.8 Å². The fourth-order valence-electron chi connectivity index (χ4n) is 0.909. The van der Waals surface area contributed by atoms with E-state index in [0.29, 0.717) is 13.0 Å². The van der Waals surface area contributed by atoms with Crippen molar-refractivity contribution in [1.82, 2.24) is 4.90 Å². The van der Waals surface area contributed by atoms with Crippen LogP contribution < -0.4 is 0 Å². The van der Waals surface area contributed by atoms with Crippen LogP contribution in [-0.2, 0) is 0 Å². The van der Waals surface area contributed by atoms with Gasteiger partial charge in [-0.2, -0.15) is 0 Å². The Kier molecular flexibility index (Phi) is 1.51. The van der Waals surface area contributed by atoms with Crippen molar-refractivity contribution in [3.8, 4) is 0 Å². The van der Waals surface area contributed by atoms with Crippen molar-refractivity contribution in [1.29, 1.82) is 0 Å². The second-order valence-electron chi connectivity index (χ2n) is 2.06. The average molecular weight is 115 g/mol. The lowest BCUT2D eigenvalue weighted by atomic mass is 10.3. The molecule has 0 spiro atoms. The van der Waals surface area contributed by atoms with Crippen LogP contribution in [0.5, 0.6) is 0 Å². The summed E-state index contributed by atoms with van der Waals surface area (Å²) in [4.78, 5) is 1.89. The molecule has 0 N–H and O–H groups in total. The predicted molar refractivity (Wildman–Crippen MR) is 31.3 cm³/mol. The fraction of sp³-hybridized carbons (Fsp3) is 0.667. The zero-order chi connectivity index (χ0) is 5.98. The zero-order valence-electron chi connectivity index (χ0n) is 4.81. The minimum Gasteiger partial charge on any atom is -0.375 e. The molecule has 1 aliphatic rings. The summed E-state index contributed by atoms with van der Waals surface area (Å²) < 4.78 is 12.3. The van der Waals surface area contributed by atoms with Gasteiger partial charge in [-0.15, -0.1) is 0 Å². The van der Waals surface area contributed by atoms with Crippen LogP contribution >= 0.6 is 0 Å². The van der Waals surface area contributed by atoms with E-state index < -0.39 is 6.17 Å². The third kappa shape index (κ3) is 0.997. The van der Waals surface area contributed by atoms with Crippen molar-refractivity contribution in [2.75, 3.05) is 13.1 Å². The number of nitrogens with zero attached hydrogens (tertiary/aromatic N) is 1. The van der Waals surface area contributed by atoms with Gasteiger partial charge in [0.2, 0.25) is 0 Å². The van der Waals surface area contributed by atoms with E-state index in [2.05, 4.69) is 6.58 Å². The molecule has 0 amide bonds.